The minimum Gasteiger partial charge on any atom is -0.349 e. The van der Waals surface area contributed by atoms with Crippen LogP contribution >= 0.6 is 15.9 Å². The first-order valence-electron chi connectivity index (χ1n) is 12.0. The van der Waals surface area contributed by atoms with Gasteiger partial charge in [-0.3, -0.25) is 9.59 Å². The van der Waals surface area contributed by atoms with Crippen molar-refractivity contribution in [1.29, 1.82) is 0 Å². The number of aromatic nitrogens is 5. The lowest BCUT2D eigenvalue weighted by atomic mass is 9.86. The number of tetrazole rings is 1. The number of aromatic amines is 2. The molecule has 5 aromatic rings. The van der Waals surface area contributed by atoms with E-state index < -0.39 is 0 Å². The summed E-state index contributed by atoms with van der Waals surface area (Å²) < 4.78 is 0.812. The zero-order valence-electron chi connectivity index (χ0n) is 21.1. The highest BCUT2D eigenvalue weighted by molar-refractivity contribution is 9.10. The highest BCUT2D eigenvalue weighted by atomic mass is 79.9. The largest absolute Gasteiger partial charge is 0.349 e. The quantitative estimate of drug-likeness (QED) is 0.203. The average molecular weight is 572 g/mol. The van der Waals surface area contributed by atoms with Gasteiger partial charge in [0.25, 0.3) is 5.91 Å². The number of amides is 2. The SMILES string of the molecule is CC(C)(C)c1ccc(CC(=O)Nc2cccc3cc(C(=O)Nc4ccc(Br)cc4-c4nn[nH]n4)[nH]c23)cc1. The maximum Gasteiger partial charge on any atom is 0.272 e. The van der Waals surface area contributed by atoms with E-state index in [1.165, 1.54) is 5.56 Å². The zero-order chi connectivity index (χ0) is 26.9. The van der Waals surface area contributed by atoms with Crippen molar-refractivity contribution < 1.29 is 9.59 Å². The van der Waals surface area contributed by atoms with Crippen molar-refractivity contribution in [1.82, 2.24) is 25.6 Å². The van der Waals surface area contributed by atoms with Gasteiger partial charge in [-0.25, -0.2) is 0 Å². The Morgan fingerprint density at radius 2 is 1.74 bits per heavy atom. The molecule has 0 aliphatic rings. The molecule has 0 fully saturated rings. The molecule has 38 heavy (non-hydrogen) atoms. The fraction of sp³-hybridized carbons (Fsp3) is 0.179. The molecule has 2 amide bonds. The van der Waals surface area contributed by atoms with Gasteiger partial charge in [0.05, 0.1) is 23.3 Å². The number of carbonyl (C=O) groups is 2. The van der Waals surface area contributed by atoms with E-state index in [2.05, 4.69) is 85.1 Å². The summed E-state index contributed by atoms with van der Waals surface area (Å²) in [6.07, 6.45) is 0.247. The van der Waals surface area contributed by atoms with Gasteiger partial charge in [0.2, 0.25) is 11.7 Å². The molecule has 0 saturated heterocycles. The Hall–Kier alpha value is -4.31. The number of carbonyl (C=O) groups excluding carboxylic acids is 2. The monoisotopic (exact) mass is 571 g/mol. The number of fused-ring (bicyclic) bond motifs is 1. The van der Waals surface area contributed by atoms with Crippen molar-refractivity contribution in [2.24, 2.45) is 0 Å². The maximum atomic E-state index is 13.2. The molecule has 4 N–H and O–H groups in total. The van der Waals surface area contributed by atoms with E-state index in [1.807, 2.05) is 36.4 Å². The van der Waals surface area contributed by atoms with Gasteiger partial charge in [0.1, 0.15) is 5.69 Å². The molecular weight excluding hydrogens is 546 g/mol. The first kappa shape index (κ1) is 25.3. The van der Waals surface area contributed by atoms with Crippen LogP contribution in [-0.2, 0) is 16.6 Å². The number of H-pyrrole nitrogens is 2. The minimum absolute atomic E-state index is 0.0556. The summed E-state index contributed by atoms with van der Waals surface area (Å²) in [7, 11) is 0. The van der Waals surface area contributed by atoms with E-state index in [0.29, 0.717) is 34.0 Å². The molecule has 9 nitrogen and oxygen atoms in total. The van der Waals surface area contributed by atoms with Crippen LogP contribution in [0.4, 0.5) is 11.4 Å². The van der Waals surface area contributed by atoms with Gasteiger partial charge < -0.3 is 15.6 Å². The number of benzene rings is 3. The number of nitrogens with one attached hydrogen (secondary N) is 4. The maximum absolute atomic E-state index is 13.2. The normalized spacial score (nSPS) is 11.5. The van der Waals surface area contributed by atoms with Crippen molar-refractivity contribution in [2.75, 3.05) is 10.6 Å². The highest BCUT2D eigenvalue weighted by Crippen LogP contribution is 2.30. The molecule has 3 aromatic carbocycles. The molecule has 0 atom stereocenters. The number of hydrogen-bond acceptors (Lipinski definition) is 5. The zero-order valence-corrected chi connectivity index (χ0v) is 22.7. The fourth-order valence-electron chi connectivity index (χ4n) is 4.16. The Labute approximate surface area is 227 Å². The third-order valence-corrected chi connectivity index (χ3v) is 6.67. The number of hydrogen-bond donors (Lipinski definition) is 4. The number of halogens is 1. The van der Waals surface area contributed by atoms with Crippen LogP contribution in [0, 0.1) is 0 Å². The predicted molar refractivity (Wildman–Crippen MR) is 151 cm³/mol. The molecule has 0 unspecified atom stereocenters. The van der Waals surface area contributed by atoms with Crippen LogP contribution in [0.5, 0.6) is 0 Å². The number of rotatable bonds is 6. The van der Waals surface area contributed by atoms with Crippen LogP contribution < -0.4 is 10.6 Å². The summed E-state index contributed by atoms with van der Waals surface area (Å²) in [6.45, 7) is 6.48. The van der Waals surface area contributed by atoms with Gasteiger partial charge in [0, 0.05) is 15.4 Å². The molecule has 0 radical (unpaired) electrons. The standard InChI is InChI=1S/C28H26BrN7O2/c1-28(2,3)18-9-7-16(8-10-18)13-24(37)30-22-6-4-5-17-14-23(31-25(17)22)27(38)32-21-12-11-19(29)15-20(21)26-33-35-36-34-26/h4-12,14-15,31H,13H2,1-3H3,(H,30,37)(H,32,38)(H,33,34,35,36). The average Bonchev–Trinajstić information content (AvgIpc) is 3.56. The Balaban J connectivity index is 1.33. The van der Waals surface area contributed by atoms with Crippen molar-refractivity contribution in [3.05, 3.63) is 88.0 Å². The van der Waals surface area contributed by atoms with Gasteiger partial charge >= 0.3 is 0 Å². The molecule has 2 aromatic heterocycles. The number of anilines is 2. The lowest BCUT2D eigenvalue weighted by Crippen LogP contribution is -2.15. The van der Waals surface area contributed by atoms with Crippen LogP contribution in [0.15, 0.2) is 71.2 Å². The van der Waals surface area contributed by atoms with E-state index in [-0.39, 0.29) is 23.7 Å². The van der Waals surface area contributed by atoms with E-state index in [4.69, 9.17) is 0 Å². The topological polar surface area (TPSA) is 128 Å². The summed E-state index contributed by atoms with van der Waals surface area (Å²) >= 11 is 3.44. The fourth-order valence-corrected chi connectivity index (χ4v) is 4.52. The van der Waals surface area contributed by atoms with Crippen LogP contribution in [-0.4, -0.2) is 37.4 Å². The van der Waals surface area contributed by atoms with Gasteiger partial charge in [-0.15, -0.1) is 10.2 Å². The Bertz CT molecular complexity index is 1620. The van der Waals surface area contributed by atoms with Gasteiger partial charge in [-0.1, -0.05) is 73.1 Å². The lowest BCUT2D eigenvalue weighted by molar-refractivity contribution is -0.115. The van der Waals surface area contributed by atoms with Crippen molar-refractivity contribution in [2.45, 2.75) is 32.6 Å². The second-order valence-electron chi connectivity index (χ2n) is 10.0. The first-order chi connectivity index (χ1) is 18.2. The van der Waals surface area contributed by atoms with Crippen LogP contribution in [0.1, 0.15) is 42.4 Å². The second-order valence-corrected chi connectivity index (χ2v) is 10.9. The first-order valence-corrected chi connectivity index (χ1v) is 12.8. The highest BCUT2D eigenvalue weighted by Gasteiger charge is 2.17. The smallest absolute Gasteiger partial charge is 0.272 e. The van der Waals surface area contributed by atoms with Gasteiger partial charge in [-0.2, -0.15) is 5.21 Å². The number of para-hydroxylation sites is 1. The van der Waals surface area contributed by atoms with Crippen LogP contribution in [0.25, 0.3) is 22.3 Å². The Kier molecular flexibility index (Phi) is 6.81. The third-order valence-electron chi connectivity index (χ3n) is 6.18. The summed E-state index contributed by atoms with van der Waals surface area (Å²) in [5, 5.41) is 20.8. The summed E-state index contributed by atoms with van der Waals surface area (Å²) in [4.78, 5) is 29.2. The van der Waals surface area contributed by atoms with Crippen molar-refractivity contribution in [3.63, 3.8) is 0 Å². The molecule has 10 heteroatoms. The Morgan fingerprint density at radius 1 is 0.947 bits per heavy atom. The molecule has 0 aliphatic carbocycles. The van der Waals surface area contributed by atoms with Crippen molar-refractivity contribution >= 4 is 50.0 Å². The molecule has 192 valence electrons. The van der Waals surface area contributed by atoms with Crippen LogP contribution in [0.3, 0.4) is 0 Å². The molecular formula is C28H26BrN7O2. The molecule has 0 saturated carbocycles. The van der Waals surface area contributed by atoms with E-state index >= 15 is 0 Å². The van der Waals surface area contributed by atoms with Crippen LogP contribution in [0.2, 0.25) is 0 Å². The van der Waals surface area contributed by atoms with E-state index in [0.717, 1.165) is 15.4 Å². The van der Waals surface area contributed by atoms with Crippen molar-refractivity contribution in [3.8, 4) is 11.4 Å². The summed E-state index contributed by atoms with van der Waals surface area (Å²) in [5.74, 6) is -0.123. The van der Waals surface area contributed by atoms with Gasteiger partial charge in [0.15, 0.2) is 0 Å². The second kappa shape index (κ2) is 10.2. The third kappa shape index (κ3) is 5.50. The molecule has 0 bridgehead atoms. The molecule has 5 rings (SSSR count). The summed E-state index contributed by atoms with van der Waals surface area (Å²) in [6, 6.07) is 20.8. The lowest BCUT2D eigenvalue weighted by Gasteiger charge is -2.19. The Morgan fingerprint density at radius 3 is 2.45 bits per heavy atom. The number of nitrogens with zero attached hydrogens (tertiary/aromatic N) is 3. The molecule has 0 spiro atoms. The molecule has 2 heterocycles. The molecule has 0 aliphatic heterocycles. The predicted octanol–water partition coefficient (Wildman–Crippen LogP) is 5.84. The minimum atomic E-state index is -0.343. The van der Waals surface area contributed by atoms with E-state index in [9.17, 15) is 9.59 Å². The van der Waals surface area contributed by atoms with E-state index in [1.54, 1.807) is 18.2 Å². The summed E-state index contributed by atoms with van der Waals surface area (Å²) in [5.41, 5.74) is 4.97. The van der Waals surface area contributed by atoms with Gasteiger partial charge in [-0.05, 0) is 52.1 Å².